The van der Waals surface area contributed by atoms with E-state index in [0.29, 0.717) is 35.8 Å². The fraction of sp³-hybridized carbons (Fsp3) is 0.348. The maximum atomic E-state index is 12.6. The highest BCUT2D eigenvalue weighted by Gasteiger charge is 2.20. The van der Waals surface area contributed by atoms with Gasteiger partial charge in [-0.2, -0.15) is 0 Å². The van der Waals surface area contributed by atoms with Crippen molar-refractivity contribution in [2.24, 2.45) is 0 Å². The number of carbonyl (C=O) groups is 1. The second-order valence-electron chi connectivity index (χ2n) is 7.60. The first-order chi connectivity index (χ1) is 14.8. The molecule has 2 aromatic carbocycles. The predicted octanol–water partition coefficient (Wildman–Crippen LogP) is 3.01. The standard InChI is InChI=1S/C23H28N2O5S/c1-4-29-21-7-5-6-19-12-20(14-30-22(19)21)23(26)24-13-17-8-10-18(11-9-17)15-31(27,28)25-16(2)3/h5-12,16,25H,4,13-15H2,1-3H3,(H,24,26). The minimum atomic E-state index is -3.37. The van der Waals surface area contributed by atoms with Gasteiger partial charge in [0.2, 0.25) is 10.0 Å². The van der Waals surface area contributed by atoms with Crippen molar-refractivity contribution in [3.05, 3.63) is 64.7 Å². The van der Waals surface area contributed by atoms with E-state index in [-0.39, 0.29) is 24.3 Å². The number of hydrogen-bond donors (Lipinski definition) is 2. The normalized spacial score (nSPS) is 13.2. The highest BCUT2D eigenvalue weighted by Crippen LogP contribution is 2.35. The van der Waals surface area contributed by atoms with Crippen LogP contribution in [0, 0.1) is 0 Å². The molecule has 1 heterocycles. The maximum absolute atomic E-state index is 12.6. The Morgan fingerprint density at radius 2 is 1.84 bits per heavy atom. The molecule has 0 aromatic heterocycles. The van der Waals surface area contributed by atoms with Crippen LogP contribution in [0.1, 0.15) is 37.5 Å². The molecule has 0 aliphatic carbocycles. The SMILES string of the molecule is CCOc1cccc2c1OCC(C(=O)NCc1ccc(CS(=O)(=O)NC(C)C)cc1)=C2. The molecule has 0 unspecified atom stereocenters. The Morgan fingerprint density at radius 1 is 1.13 bits per heavy atom. The van der Waals surface area contributed by atoms with E-state index in [0.717, 1.165) is 11.1 Å². The van der Waals surface area contributed by atoms with E-state index in [4.69, 9.17) is 9.47 Å². The van der Waals surface area contributed by atoms with E-state index >= 15 is 0 Å². The van der Waals surface area contributed by atoms with Gasteiger partial charge in [0.05, 0.1) is 17.9 Å². The number of carbonyl (C=O) groups excluding carboxylic acids is 1. The third-order valence-electron chi connectivity index (χ3n) is 4.55. The van der Waals surface area contributed by atoms with E-state index in [1.807, 2.05) is 43.3 Å². The summed E-state index contributed by atoms with van der Waals surface area (Å²) in [5, 5.41) is 2.88. The number of para-hydroxylation sites is 1. The molecule has 0 bridgehead atoms. The van der Waals surface area contributed by atoms with Crippen LogP contribution < -0.4 is 19.5 Å². The second-order valence-corrected chi connectivity index (χ2v) is 9.35. The largest absolute Gasteiger partial charge is 0.490 e. The van der Waals surface area contributed by atoms with Gasteiger partial charge in [-0.1, -0.05) is 36.4 Å². The van der Waals surface area contributed by atoms with Gasteiger partial charge in [-0.25, -0.2) is 13.1 Å². The van der Waals surface area contributed by atoms with Crippen LogP contribution in [0.3, 0.4) is 0 Å². The van der Waals surface area contributed by atoms with Gasteiger partial charge in [-0.3, -0.25) is 4.79 Å². The lowest BCUT2D eigenvalue weighted by Gasteiger charge is -2.20. The first-order valence-electron chi connectivity index (χ1n) is 10.2. The zero-order valence-electron chi connectivity index (χ0n) is 18.0. The van der Waals surface area contributed by atoms with Crippen molar-refractivity contribution in [2.45, 2.75) is 39.1 Å². The van der Waals surface area contributed by atoms with Crippen LogP contribution in [-0.4, -0.2) is 33.6 Å². The van der Waals surface area contributed by atoms with Gasteiger partial charge in [-0.05, 0) is 44.0 Å². The van der Waals surface area contributed by atoms with E-state index in [2.05, 4.69) is 10.0 Å². The minimum absolute atomic E-state index is 0.0782. The van der Waals surface area contributed by atoms with Crippen LogP contribution >= 0.6 is 0 Å². The topological polar surface area (TPSA) is 93.7 Å². The predicted molar refractivity (Wildman–Crippen MR) is 120 cm³/mol. The van der Waals surface area contributed by atoms with Crippen molar-refractivity contribution in [3.8, 4) is 11.5 Å². The Morgan fingerprint density at radius 3 is 2.52 bits per heavy atom. The third kappa shape index (κ3) is 6.32. The molecule has 0 atom stereocenters. The van der Waals surface area contributed by atoms with Gasteiger partial charge in [0.1, 0.15) is 6.61 Å². The van der Waals surface area contributed by atoms with E-state index in [1.54, 1.807) is 26.0 Å². The molecule has 0 saturated carbocycles. The zero-order chi connectivity index (χ0) is 22.4. The van der Waals surface area contributed by atoms with Crippen molar-refractivity contribution >= 4 is 22.0 Å². The summed E-state index contributed by atoms with van der Waals surface area (Å²) in [5.74, 6) is 1.03. The Labute approximate surface area is 183 Å². The van der Waals surface area contributed by atoms with Crippen LogP contribution in [-0.2, 0) is 27.1 Å². The van der Waals surface area contributed by atoms with Crippen LogP contribution in [0.5, 0.6) is 11.5 Å². The lowest BCUT2D eigenvalue weighted by molar-refractivity contribution is -0.117. The lowest BCUT2D eigenvalue weighted by atomic mass is 10.1. The molecule has 1 amide bonds. The van der Waals surface area contributed by atoms with Crippen LogP contribution in [0.25, 0.3) is 6.08 Å². The van der Waals surface area contributed by atoms with Crippen molar-refractivity contribution < 1.29 is 22.7 Å². The number of nitrogens with one attached hydrogen (secondary N) is 2. The number of fused-ring (bicyclic) bond motifs is 1. The van der Waals surface area contributed by atoms with Gasteiger partial charge >= 0.3 is 0 Å². The Bertz CT molecular complexity index is 1060. The summed E-state index contributed by atoms with van der Waals surface area (Å²) >= 11 is 0. The average Bonchev–Trinajstić information content (AvgIpc) is 2.72. The molecule has 2 N–H and O–H groups in total. The molecule has 0 spiro atoms. The molecule has 2 aromatic rings. The Balaban J connectivity index is 1.59. The summed E-state index contributed by atoms with van der Waals surface area (Å²) in [4.78, 5) is 12.6. The fourth-order valence-electron chi connectivity index (χ4n) is 3.25. The van der Waals surface area contributed by atoms with Crippen LogP contribution in [0.4, 0.5) is 0 Å². The van der Waals surface area contributed by atoms with Gasteiger partial charge in [-0.15, -0.1) is 0 Å². The first kappa shape index (κ1) is 22.8. The molecule has 3 rings (SSSR count). The van der Waals surface area contributed by atoms with Crippen LogP contribution in [0.15, 0.2) is 48.0 Å². The molecule has 0 saturated heterocycles. The quantitative estimate of drug-likeness (QED) is 0.620. The zero-order valence-corrected chi connectivity index (χ0v) is 18.8. The molecule has 1 aliphatic heterocycles. The molecule has 0 fully saturated rings. The number of rotatable bonds is 9. The second kappa shape index (κ2) is 9.98. The average molecular weight is 445 g/mol. The van der Waals surface area contributed by atoms with Gasteiger partial charge < -0.3 is 14.8 Å². The van der Waals surface area contributed by atoms with Gasteiger partial charge in [0.15, 0.2) is 11.5 Å². The first-order valence-corrected chi connectivity index (χ1v) is 11.9. The van der Waals surface area contributed by atoms with Gasteiger partial charge in [0, 0.05) is 18.2 Å². The number of benzene rings is 2. The molecule has 31 heavy (non-hydrogen) atoms. The summed E-state index contributed by atoms with van der Waals surface area (Å²) in [6.07, 6.45) is 1.81. The molecule has 0 radical (unpaired) electrons. The minimum Gasteiger partial charge on any atom is -0.490 e. The van der Waals surface area contributed by atoms with Crippen molar-refractivity contribution in [1.82, 2.24) is 10.0 Å². The molecular weight excluding hydrogens is 416 g/mol. The molecule has 1 aliphatic rings. The van der Waals surface area contributed by atoms with Crippen LogP contribution in [0.2, 0.25) is 0 Å². The van der Waals surface area contributed by atoms with Crippen molar-refractivity contribution in [1.29, 1.82) is 0 Å². The third-order valence-corrected chi connectivity index (χ3v) is 6.09. The molecule has 7 nitrogen and oxygen atoms in total. The Kier molecular flexibility index (Phi) is 7.35. The summed E-state index contributed by atoms with van der Waals surface area (Å²) in [6, 6.07) is 12.6. The molecular formula is C23H28N2O5S. The number of hydrogen-bond acceptors (Lipinski definition) is 5. The highest BCUT2D eigenvalue weighted by atomic mass is 32.2. The van der Waals surface area contributed by atoms with Crippen molar-refractivity contribution in [2.75, 3.05) is 13.2 Å². The van der Waals surface area contributed by atoms with Gasteiger partial charge in [0.25, 0.3) is 5.91 Å². The van der Waals surface area contributed by atoms with E-state index < -0.39 is 10.0 Å². The number of ether oxygens (including phenoxy) is 2. The van der Waals surface area contributed by atoms with E-state index in [1.165, 1.54) is 0 Å². The monoisotopic (exact) mass is 444 g/mol. The molecule has 166 valence electrons. The summed E-state index contributed by atoms with van der Waals surface area (Å²) < 4.78 is 38.0. The number of sulfonamides is 1. The molecule has 8 heteroatoms. The highest BCUT2D eigenvalue weighted by molar-refractivity contribution is 7.88. The van der Waals surface area contributed by atoms with Crippen molar-refractivity contribution in [3.63, 3.8) is 0 Å². The van der Waals surface area contributed by atoms with E-state index in [9.17, 15) is 13.2 Å². The summed E-state index contributed by atoms with van der Waals surface area (Å²) in [5.41, 5.74) is 2.91. The number of amides is 1. The summed E-state index contributed by atoms with van der Waals surface area (Å²) in [7, 11) is -3.37. The Hall–Kier alpha value is -2.84. The fourth-order valence-corrected chi connectivity index (χ4v) is 4.68. The lowest BCUT2D eigenvalue weighted by Crippen LogP contribution is -2.31. The smallest absolute Gasteiger partial charge is 0.250 e. The summed E-state index contributed by atoms with van der Waals surface area (Å²) in [6.45, 7) is 6.52. The maximum Gasteiger partial charge on any atom is 0.250 e.